The van der Waals surface area contributed by atoms with Crippen molar-refractivity contribution in [2.45, 2.75) is 51.4 Å². The zero-order chi connectivity index (χ0) is 15.4. The molecule has 0 atom stereocenters. The van der Waals surface area contributed by atoms with Crippen LogP contribution in [0.4, 0.5) is 0 Å². The van der Waals surface area contributed by atoms with Gasteiger partial charge in [-0.25, -0.2) is 0 Å². The van der Waals surface area contributed by atoms with E-state index in [9.17, 15) is 10.2 Å². The first-order valence-electron chi connectivity index (χ1n) is 8.34. The SMILES string of the molecule is OC1=C\C=C2/CCCC/C2=C/C=C(/O)C2=C(/C=C\1)CCCC2. The number of hydrogen-bond donors (Lipinski definition) is 2. The lowest BCUT2D eigenvalue weighted by Gasteiger charge is -2.19. The number of hydrogen-bond acceptors (Lipinski definition) is 2. The molecule has 0 bridgehead atoms. The summed E-state index contributed by atoms with van der Waals surface area (Å²) in [6.45, 7) is 0. The number of rotatable bonds is 0. The van der Waals surface area contributed by atoms with Crippen LogP contribution < -0.4 is 0 Å². The molecule has 1 saturated carbocycles. The maximum Gasteiger partial charge on any atom is 0.119 e. The first-order valence-corrected chi connectivity index (χ1v) is 8.34. The summed E-state index contributed by atoms with van der Waals surface area (Å²) < 4.78 is 0. The normalized spacial score (nSPS) is 34.0. The lowest BCUT2D eigenvalue weighted by molar-refractivity contribution is 0.412. The molecule has 1 fully saturated rings. The summed E-state index contributed by atoms with van der Waals surface area (Å²) >= 11 is 0. The molecule has 0 heterocycles. The molecule has 2 nitrogen and oxygen atoms in total. The van der Waals surface area contributed by atoms with Crippen molar-refractivity contribution in [1.82, 2.24) is 0 Å². The summed E-state index contributed by atoms with van der Waals surface area (Å²) in [6.07, 6.45) is 20.1. The van der Waals surface area contributed by atoms with Crippen molar-refractivity contribution in [3.05, 3.63) is 70.3 Å². The fourth-order valence-corrected chi connectivity index (χ4v) is 3.45. The van der Waals surface area contributed by atoms with E-state index < -0.39 is 0 Å². The predicted octanol–water partition coefficient (Wildman–Crippen LogP) is 5.74. The third-order valence-corrected chi connectivity index (χ3v) is 4.73. The average Bonchev–Trinajstić information content (AvgIpc) is 2.56. The van der Waals surface area contributed by atoms with Crippen molar-refractivity contribution in [3.63, 3.8) is 0 Å². The Morgan fingerprint density at radius 3 is 2.05 bits per heavy atom. The fraction of sp³-hybridized carbons (Fsp3) is 0.400. The minimum atomic E-state index is 0.277. The van der Waals surface area contributed by atoms with Crippen molar-refractivity contribution >= 4 is 0 Å². The summed E-state index contributed by atoms with van der Waals surface area (Å²) in [4.78, 5) is 0. The zero-order valence-corrected chi connectivity index (χ0v) is 13.0. The van der Waals surface area contributed by atoms with Gasteiger partial charge in [0.15, 0.2) is 0 Å². The van der Waals surface area contributed by atoms with Crippen LogP contribution in [0, 0.1) is 0 Å². The topological polar surface area (TPSA) is 40.5 Å². The molecule has 0 unspecified atom stereocenters. The standard InChI is InChI=1S/C20H24O2/c21-18-12-9-15-5-1-2-6-16(15)11-14-20(22)19-8-4-3-7-17(19)10-13-18/h9-14,21-22H,1-8H2/b12-9?,13-10-,14-11?,15-9+,16-11-,17-10?,18-12-,18-13?,20-14+,20-19?. The van der Waals surface area contributed by atoms with Gasteiger partial charge in [0.05, 0.1) is 0 Å². The van der Waals surface area contributed by atoms with Crippen LogP contribution in [0.2, 0.25) is 0 Å². The Morgan fingerprint density at radius 1 is 0.636 bits per heavy atom. The Labute approximate surface area is 132 Å². The Morgan fingerprint density at radius 2 is 1.27 bits per heavy atom. The lowest BCUT2D eigenvalue weighted by atomic mass is 9.87. The second-order valence-corrected chi connectivity index (χ2v) is 6.28. The van der Waals surface area contributed by atoms with Gasteiger partial charge in [-0.1, -0.05) is 18.2 Å². The second-order valence-electron chi connectivity index (χ2n) is 6.28. The van der Waals surface area contributed by atoms with Gasteiger partial charge in [0.25, 0.3) is 0 Å². The van der Waals surface area contributed by atoms with Gasteiger partial charge < -0.3 is 10.2 Å². The average molecular weight is 296 g/mol. The number of allylic oxidation sites excluding steroid dienone is 10. The van der Waals surface area contributed by atoms with E-state index in [1.54, 1.807) is 12.2 Å². The Hall–Kier alpha value is -1.96. The third kappa shape index (κ3) is 3.44. The molecule has 0 spiro atoms. The van der Waals surface area contributed by atoms with Crippen LogP contribution >= 0.6 is 0 Å². The largest absolute Gasteiger partial charge is 0.508 e. The molecular formula is C20H24O2. The minimum absolute atomic E-state index is 0.277. The molecule has 116 valence electrons. The van der Waals surface area contributed by atoms with E-state index in [1.807, 2.05) is 18.2 Å². The third-order valence-electron chi connectivity index (χ3n) is 4.73. The smallest absolute Gasteiger partial charge is 0.119 e. The molecule has 0 amide bonds. The molecule has 3 aliphatic carbocycles. The molecular weight excluding hydrogens is 272 g/mol. The molecule has 2 heteroatoms. The highest BCUT2D eigenvalue weighted by Gasteiger charge is 2.15. The molecule has 2 N–H and O–H groups in total. The van der Waals surface area contributed by atoms with Crippen LogP contribution in [0.15, 0.2) is 70.3 Å². The number of aliphatic hydroxyl groups is 2. The van der Waals surface area contributed by atoms with E-state index in [-0.39, 0.29) is 5.76 Å². The van der Waals surface area contributed by atoms with Gasteiger partial charge in [0.1, 0.15) is 11.5 Å². The molecule has 22 heavy (non-hydrogen) atoms. The van der Waals surface area contributed by atoms with E-state index in [4.69, 9.17) is 0 Å². The summed E-state index contributed by atoms with van der Waals surface area (Å²) in [5.74, 6) is 0.666. The summed E-state index contributed by atoms with van der Waals surface area (Å²) in [5.41, 5.74) is 4.74. The van der Waals surface area contributed by atoms with Gasteiger partial charge in [0, 0.05) is 0 Å². The van der Waals surface area contributed by atoms with E-state index in [1.165, 1.54) is 24.0 Å². The molecule has 0 aromatic carbocycles. The minimum Gasteiger partial charge on any atom is -0.508 e. The maximum absolute atomic E-state index is 10.5. The maximum atomic E-state index is 10.5. The Kier molecular flexibility index (Phi) is 4.67. The van der Waals surface area contributed by atoms with E-state index in [0.717, 1.165) is 49.7 Å². The van der Waals surface area contributed by atoms with Crippen LogP contribution in [-0.4, -0.2) is 10.2 Å². The van der Waals surface area contributed by atoms with E-state index >= 15 is 0 Å². The highest BCUT2D eigenvalue weighted by Crippen LogP contribution is 2.32. The fourth-order valence-electron chi connectivity index (χ4n) is 3.45. The summed E-state index contributed by atoms with van der Waals surface area (Å²) in [6, 6.07) is 0. The van der Waals surface area contributed by atoms with Crippen LogP contribution in [0.5, 0.6) is 0 Å². The Balaban J connectivity index is 2.05. The van der Waals surface area contributed by atoms with Crippen molar-refractivity contribution < 1.29 is 10.2 Å². The molecule has 0 aliphatic heterocycles. The van der Waals surface area contributed by atoms with Gasteiger partial charge in [0.2, 0.25) is 0 Å². The van der Waals surface area contributed by atoms with Gasteiger partial charge in [-0.3, -0.25) is 0 Å². The molecule has 3 aliphatic rings. The van der Waals surface area contributed by atoms with Crippen molar-refractivity contribution in [3.8, 4) is 0 Å². The first-order chi connectivity index (χ1) is 10.7. The quantitative estimate of drug-likeness (QED) is 0.598. The van der Waals surface area contributed by atoms with Crippen LogP contribution in [0.3, 0.4) is 0 Å². The highest BCUT2D eigenvalue weighted by atomic mass is 16.3. The van der Waals surface area contributed by atoms with Crippen molar-refractivity contribution in [2.24, 2.45) is 0 Å². The first kappa shape index (κ1) is 15.0. The van der Waals surface area contributed by atoms with Crippen LogP contribution in [0.1, 0.15) is 51.4 Å². The van der Waals surface area contributed by atoms with Crippen molar-refractivity contribution in [1.29, 1.82) is 0 Å². The van der Waals surface area contributed by atoms with Crippen LogP contribution in [-0.2, 0) is 0 Å². The number of fused-ring (bicyclic) bond motifs is 1. The number of aliphatic hydroxyl groups excluding tert-OH is 2. The molecule has 3 rings (SSSR count). The molecule has 0 saturated heterocycles. The Bertz CT molecular complexity index is 624. The van der Waals surface area contributed by atoms with Crippen LogP contribution in [0.25, 0.3) is 0 Å². The lowest BCUT2D eigenvalue weighted by Crippen LogP contribution is -2.02. The second kappa shape index (κ2) is 6.87. The van der Waals surface area contributed by atoms with E-state index in [0.29, 0.717) is 5.76 Å². The predicted molar refractivity (Wildman–Crippen MR) is 90.7 cm³/mol. The monoisotopic (exact) mass is 296 g/mol. The van der Waals surface area contributed by atoms with E-state index in [2.05, 4.69) is 6.08 Å². The molecule has 0 aromatic rings. The zero-order valence-electron chi connectivity index (χ0n) is 13.0. The summed E-state index contributed by atoms with van der Waals surface area (Å²) in [7, 11) is 0. The summed E-state index contributed by atoms with van der Waals surface area (Å²) in [5, 5.41) is 20.5. The van der Waals surface area contributed by atoms with Gasteiger partial charge >= 0.3 is 0 Å². The molecule has 0 aromatic heterocycles. The van der Waals surface area contributed by atoms with Gasteiger partial charge in [-0.2, -0.15) is 0 Å². The van der Waals surface area contributed by atoms with Crippen molar-refractivity contribution in [2.75, 3.05) is 0 Å². The van der Waals surface area contributed by atoms with Gasteiger partial charge in [-0.05, 0) is 91.9 Å². The molecule has 0 radical (unpaired) electrons. The highest BCUT2D eigenvalue weighted by molar-refractivity contribution is 5.45. The van der Waals surface area contributed by atoms with Gasteiger partial charge in [-0.15, -0.1) is 0 Å².